The van der Waals surface area contributed by atoms with Crippen molar-refractivity contribution in [1.82, 2.24) is 5.32 Å². The van der Waals surface area contributed by atoms with E-state index in [9.17, 15) is 0 Å². The molecule has 0 unspecified atom stereocenters. The molecule has 0 saturated heterocycles. The molecule has 0 aliphatic heterocycles. The first-order valence-corrected chi connectivity index (χ1v) is 5.78. The maximum atomic E-state index is 5.53. The highest BCUT2D eigenvalue weighted by Gasteiger charge is 2.21. The van der Waals surface area contributed by atoms with Crippen molar-refractivity contribution < 1.29 is 4.42 Å². The van der Waals surface area contributed by atoms with E-state index in [-0.39, 0.29) is 0 Å². The number of rotatable bonds is 4. The molecule has 0 spiro atoms. The average Bonchev–Trinajstić information content (AvgIpc) is 3.05. The first-order chi connectivity index (χ1) is 7.93. The molecule has 1 fully saturated rings. The van der Waals surface area contributed by atoms with Gasteiger partial charge in [0.25, 0.3) is 0 Å². The minimum Gasteiger partial charge on any atom is -0.467 e. The third-order valence-corrected chi connectivity index (χ3v) is 2.96. The number of benzene rings is 1. The van der Waals surface area contributed by atoms with E-state index in [1.807, 2.05) is 12.1 Å². The zero-order chi connectivity index (χ0) is 10.8. The van der Waals surface area contributed by atoms with E-state index in [0.29, 0.717) is 6.04 Å². The fourth-order valence-corrected chi connectivity index (χ4v) is 1.88. The van der Waals surface area contributed by atoms with E-state index < -0.39 is 0 Å². The van der Waals surface area contributed by atoms with Crippen molar-refractivity contribution in [2.45, 2.75) is 25.4 Å². The van der Waals surface area contributed by atoms with Crippen LogP contribution >= 0.6 is 0 Å². The van der Waals surface area contributed by atoms with E-state index in [0.717, 1.165) is 12.3 Å². The summed E-state index contributed by atoms with van der Waals surface area (Å²) in [5, 5.41) is 3.48. The van der Waals surface area contributed by atoms with Crippen LogP contribution in [0.25, 0.3) is 11.1 Å². The molecule has 0 radical (unpaired) electrons. The second kappa shape index (κ2) is 4.14. The lowest BCUT2D eigenvalue weighted by molar-refractivity contribution is 0.483. The molecule has 1 aliphatic carbocycles. The molecule has 2 aromatic rings. The fourth-order valence-electron chi connectivity index (χ4n) is 1.88. The lowest BCUT2D eigenvalue weighted by atomic mass is 10.1. The maximum absolute atomic E-state index is 5.53. The Hall–Kier alpha value is -1.54. The molecule has 0 amide bonds. The molecule has 2 heteroatoms. The number of nitrogens with one attached hydrogen (secondary N) is 1. The van der Waals surface area contributed by atoms with Gasteiger partial charge in [-0.25, -0.2) is 0 Å². The van der Waals surface area contributed by atoms with E-state index in [1.165, 1.54) is 24.0 Å². The van der Waals surface area contributed by atoms with Crippen LogP contribution in [0.3, 0.4) is 0 Å². The zero-order valence-corrected chi connectivity index (χ0v) is 9.15. The molecule has 1 aromatic heterocycles. The third-order valence-electron chi connectivity index (χ3n) is 2.96. The normalized spacial score (nSPS) is 15.2. The van der Waals surface area contributed by atoms with Gasteiger partial charge in [0.05, 0.1) is 12.8 Å². The van der Waals surface area contributed by atoms with Crippen LogP contribution in [0.5, 0.6) is 0 Å². The van der Waals surface area contributed by atoms with Gasteiger partial charge in [0, 0.05) is 11.6 Å². The van der Waals surface area contributed by atoms with Crippen molar-refractivity contribution in [3.8, 4) is 11.1 Å². The highest BCUT2D eigenvalue weighted by molar-refractivity contribution is 5.65. The summed E-state index contributed by atoms with van der Waals surface area (Å²) >= 11 is 0. The summed E-state index contributed by atoms with van der Waals surface area (Å²) in [5.41, 5.74) is 2.43. The van der Waals surface area contributed by atoms with Gasteiger partial charge >= 0.3 is 0 Å². The minimum atomic E-state index is 0.716. The van der Waals surface area contributed by atoms with Crippen LogP contribution in [0, 0.1) is 0 Å². The van der Waals surface area contributed by atoms with E-state index in [1.54, 1.807) is 6.26 Å². The first-order valence-electron chi connectivity index (χ1n) is 5.78. The van der Waals surface area contributed by atoms with Crippen LogP contribution in [0.15, 0.2) is 47.1 Å². The van der Waals surface area contributed by atoms with Crippen LogP contribution in [-0.2, 0) is 6.54 Å². The largest absolute Gasteiger partial charge is 0.467 e. The molecule has 1 saturated carbocycles. The smallest absolute Gasteiger partial charge is 0.125 e. The molecule has 1 heterocycles. The molecule has 82 valence electrons. The Morgan fingerprint density at radius 3 is 2.69 bits per heavy atom. The van der Waals surface area contributed by atoms with Crippen LogP contribution in [-0.4, -0.2) is 6.04 Å². The maximum Gasteiger partial charge on any atom is 0.125 e. The van der Waals surface area contributed by atoms with Crippen LogP contribution in [0.1, 0.15) is 18.6 Å². The van der Waals surface area contributed by atoms with Gasteiger partial charge in [0.1, 0.15) is 5.76 Å². The van der Waals surface area contributed by atoms with Gasteiger partial charge in [-0.1, -0.05) is 30.3 Å². The Morgan fingerprint density at radius 1 is 1.12 bits per heavy atom. The second-order valence-electron chi connectivity index (χ2n) is 4.28. The van der Waals surface area contributed by atoms with Crippen molar-refractivity contribution in [2.75, 3.05) is 0 Å². The third kappa shape index (κ3) is 2.02. The Balaban J connectivity index is 1.81. The Morgan fingerprint density at radius 2 is 1.94 bits per heavy atom. The lowest BCUT2D eigenvalue weighted by Crippen LogP contribution is -2.15. The number of hydrogen-bond acceptors (Lipinski definition) is 2. The van der Waals surface area contributed by atoms with Gasteiger partial charge in [-0.2, -0.15) is 0 Å². The molecule has 1 N–H and O–H groups in total. The molecule has 0 atom stereocenters. The molecular weight excluding hydrogens is 198 g/mol. The van der Waals surface area contributed by atoms with Gasteiger partial charge in [-0.15, -0.1) is 0 Å². The highest BCUT2D eigenvalue weighted by Crippen LogP contribution is 2.26. The van der Waals surface area contributed by atoms with Crippen molar-refractivity contribution in [1.29, 1.82) is 0 Å². The molecule has 1 aromatic carbocycles. The van der Waals surface area contributed by atoms with Gasteiger partial charge in [-0.3, -0.25) is 0 Å². The highest BCUT2D eigenvalue weighted by atomic mass is 16.3. The molecule has 1 aliphatic rings. The van der Waals surface area contributed by atoms with Crippen molar-refractivity contribution in [2.24, 2.45) is 0 Å². The summed E-state index contributed by atoms with van der Waals surface area (Å²) < 4.78 is 5.53. The predicted molar refractivity (Wildman–Crippen MR) is 64.0 cm³/mol. The fraction of sp³-hybridized carbons (Fsp3) is 0.286. The first kappa shape index (κ1) is 9.67. The summed E-state index contributed by atoms with van der Waals surface area (Å²) in [5.74, 6) is 1.04. The molecule has 0 bridgehead atoms. The summed E-state index contributed by atoms with van der Waals surface area (Å²) in [4.78, 5) is 0. The predicted octanol–water partition coefficient (Wildman–Crippen LogP) is 3.20. The molecule has 3 rings (SSSR count). The number of furan rings is 1. The van der Waals surface area contributed by atoms with E-state index >= 15 is 0 Å². The van der Waals surface area contributed by atoms with Gasteiger partial charge in [0.15, 0.2) is 0 Å². The van der Waals surface area contributed by atoms with Gasteiger partial charge < -0.3 is 9.73 Å². The van der Waals surface area contributed by atoms with Crippen LogP contribution in [0.4, 0.5) is 0 Å². The molecular formula is C14H15NO. The SMILES string of the molecule is c1ccc(-c2ccoc2CNC2CC2)cc1. The summed E-state index contributed by atoms with van der Waals surface area (Å²) in [6.45, 7) is 0.835. The summed E-state index contributed by atoms with van der Waals surface area (Å²) in [7, 11) is 0. The van der Waals surface area contributed by atoms with Crippen molar-refractivity contribution >= 4 is 0 Å². The quantitative estimate of drug-likeness (QED) is 0.843. The van der Waals surface area contributed by atoms with Crippen molar-refractivity contribution in [3.63, 3.8) is 0 Å². The Kier molecular flexibility index (Phi) is 2.50. The van der Waals surface area contributed by atoms with Gasteiger partial charge in [0.2, 0.25) is 0 Å². The average molecular weight is 213 g/mol. The monoisotopic (exact) mass is 213 g/mol. The topological polar surface area (TPSA) is 25.2 Å². The van der Waals surface area contributed by atoms with E-state index in [2.05, 4.69) is 29.6 Å². The lowest BCUT2D eigenvalue weighted by Gasteiger charge is -2.03. The van der Waals surface area contributed by atoms with Crippen LogP contribution in [0.2, 0.25) is 0 Å². The Labute approximate surface area is 95.3 Å². The van der Waals surface area contributed by atoms with E-state index in [4.69, 9.17) is 4.42 Å². The van der Waals surface area contributed by atoms with Crippen molar-refractivity contribution in [3.05, 3.63) is 48.4 Å². The zero-order valence-electron chi connectivity index (χ0n) is 9.15. The van der Waals surface area contributed by atoms with Gasteiger partial charge in [-0.05, 0) is 24.5 Å². The standard InChI is InChI=1S/C14H15NO/c1-2-4-11(5-3-1)13-8-9-16-14(13)10-15-12-6-7-12/h1-5,8-9,12,15H,6-7,10H2. The number of hydrogen-bond donors (Lipinski definition) is 1. The van der Waals surface area contributed by atoms with Crippen LogP contribution < -0.4 is 5.32 Å². The Bertz CT molecular complexity index is 457. The molecule has 2 nitrogen and oxygen atoms in total. The summed E-state index contributed by atoms with van der Waals surface area (Å²) in [6, 6.07) is 13.1. The summed E-state index contributed by atoms with van der Waals surface area (Å²) in [6.07, 6.45) is 4.38. The second-order valence-corrected chi connectivity index (χ2v) is 4.28. The minimum absolute atomic E-state index is 0.716. The molecule has 16 heavy (non-hydrogen) atoms.